The van der Waals surface area contributed by atoms with E-state index in [9.17, 15) is 9.59 Å². The Hall–Kier alpha value is -1.70. The van der Waals surface area contributed by atoms with Crippen LogP contribution < -0.4 is 20.7 Å². The summed E-state index contributed by atoms with van der Waals surface area (Å²) in [7, 11) is 0. The number of imide groups is 1. The zero-order chi connectivity index (χ0) is 17.3. The molecule has 1 atom stereocenters. The van der Waals surface area contributed by atoms with Gasteiger partial charge in [-0.2, -0.15) is 0 Å². The predicted octanol–water partition coefficient (Wildman–Crippen LogP) is 2.76. The minimum Gasteiger partial charge on any atom is -0.489 e. The van der Waals surface area contributed by atoms with E-state index in [2.05, 4.69) is 10.2 Å². The fraction of sp³-hybridized carbons (Fsp3) is 0.412. The van der Waals surface area contributed by atoms with Gasteiger partial charge in [-0.3, -0.25) is 14.9 Å². The number of nitrogens with zero attached hydrogens (tertiary/aromatic N) is 1. The Bertz CT molecular complexity index is 708. The first kappa shape index (κ1) is 19.6. The van der Waals surface area contributed by atoms with Crippen molar-refractivity contribution < 1.29 is 14.3 Å². The molecule has 25 heavy (non-hydrogen) atoms. The summed E-state index contributed by atoms with van der Waals surface area (Å²) in [5, 5.41) is 1.94. The summed E-state index contributed by atoms with van der Waals surface area (Å²) in [4.78, 5) is 25.8. The molecule has 0 bridgehead atoms. The zero-order valence-corrected chi connectivity index (χ0v) is 15.8. The standard InChI is InChI=1S/C17H21N3O3S.ClH/c1-10(2)23-13-5-3-4-11(8-14-16(21)19-17(22)24-14)15(13)20-7-6-12(18)9-20;/h3-5,8,10,12H,6-7,9,18H2,1-2H3,(H,19,21,22);1H/b14-8+;. The molecule has 1 aromatic rings. The Labute approximate surface area is 157 Å². The van der Waals surface area contributed by atoms with Gasteiger partial charge in [-0.1, -0.05) is 12.1 Å². The lowest BCUT2D eigenvalue weighted by Gasteiger charge is -2.25. The molecule has 0 radical (unpaired) electrons. The fourth-order valence-corrected chi connectivity index (χ4v) is 3.57. The number of anilines is 1. The average Bonchev–Trinajstić information content (AvgIpc) is 3.04. The maximum absolute atomic E-state index is 11.9. The Morgan fingerprint density at radius 1 is 1.40 bits per heavy atom. The molecule has 2 aliphatic rings. The largest absolute Gasteiger partial charge is 0.489 e. The smallest absolute Gasteiger partial charge is 0.290 e. The number of rotatable bonds is 4. The van der Waals surface area contributed by atoms with Crippen LogP contribution in [0.5, 0.6) is 5.75 Å². The molecule has 2 aliphatic heterocycles. The lowest BCUT2D eigenvalue weighted by Crippen LogP contribution is -2.27. The van der Waals surface area contributed by atoms with Crippen molar-refractivity contribution in [2.45, 2.75) is 32.4 Å². The lowest BCUT2D eigenvalue weighted by molar-refractivity contribution is -0.115. The molecule has 0 aromatic heterocycles. The number of carbonyl (C=O) groups excluding carboxylic acids is 2. The van der Waals surface area contributed by atoms with Gasteiger partial charge in [0.05, 0.1) is 16.7 Å². The summed E-state index contributed by atoms with van der Waals surface area (Å²) in [6, 6.07) is 5.87. The number of ether oxygens (including phenoxy) is 1. The molecule has 3 N–H and O–H groups in total. The molecule has 3 rings (SSSR count). The number of carbonyl (C=O) groups is 2. The van der Waals surface area contributed by atoms with Crippen molar-refractivity contribution in [2.24, 2.45) is 5.73 Å². The van der Waals surface area contributed by atoms with E-state index >= 15 is 0 Å². The summed E-state index contributed by atoms with van der Waals surface area (Å²) < 4.78 is 5.96. The number of benzene rings is 1. The molecule has 0 saturated carbocycles. The minimum absolute atomic E-state index is 0. The van der Waals surface area contributed by atoms with Gasteiger partial charge in [0.15, 0.2) is 0 Å². The molecule has 2 amide bonds. The van der Waals surface area contributed by atoms with Crippen LogP contribution in [0.4, 0.5) is 10.5 Å². The normalized spacial score (nSPS) is 21.7. The van der Waals surface area contributed by atoms with Crippen LogP contribution in [0, 0.1) is 0 Å². The summed E-state index contributed by atoms with van der Waals surface area (Å²) in [5.41, 5.74) is 7.84. The second-order valence-corrected chi connectivity index (χ2v) is 7.22. The predicted molar refractivity (Wildman–Crippen MR) is 103 cm³/mol. The topological polar surface area (TPSA) is 84.7 Å². The first-order valence-electron chi connectivity index (χ1n) is 7.99. The van der Waals surface area contributed by atoms with E-state index in [4.69, 9.17) is 10.5 Å². The number of nitrogens with two attached hydrogens (primary N) is 1. The number of hydrogen-bond acceptors (Lipinski definition) is 6. The maximum atomic E-state index is 11.9. The van der Waals surface area contributed by atoms with Crippen molar-refractivity contribution >= 4 is 47.1 Å². The van der Waals surface area contributed by atoms with Crippen LogP contribution in [0.3, 0.4) is 0 Å². The van der Waals surface area contributed by atoms with Gasteiger partial charge in [-0.25, -0.2) is 0 Å². The fourth-order valence-electron chi connectivity index (χ4n) is 2.90. The van der Waals surface area contributed by atoms with Gasteiger partial charge in [-0.05, 0) is 44.2 Å². The van der Waals surface area contributed by atoms with Gasteiger partial charge in [0, 0.05) is 24.7 Å². The summed E-state index contributed by atoms with van der Waals surface area (Å²) in [6.07, 6.45) is 2.70. The van der Waals surface area contributed by atoms with Crippen molar-refractivity contribution in [1.29, 1.82) is 0 Å². The number of amides is 2. The molecule has 0 spiro atoms. The van der Waals surface area contributed by atoms with E-state index in [0.717, 1.165) is 48.3 Å². The molecule has 8 heteroatoms. The van der Waals surface area contributed by atoms with Gasteiger partial charge >= 0.3 is 0 Å². The highest BCUT2D eigenvalue weighted by atomic mass is 35.5. The average molecular weight is 384 g/mol. The van der Waals surface area contributed by atoms with E-state index in [1.165, 1.54) is 0 Å². The van der Waals surface area contributed by atoms with Gasteiger partial charge < -0.3 is 15.4 Å². The second-order valence-electron chi connectivity index (χ2n) is 6.21. The van der Waals surface area contributed by atoms with Crippen LogP contribution in [0.25, 0.3) is 6.08 Å². The Kier molecular flexibility index (Phi) is 6.37. The van der Waals surface area contributed by atoms with Crippen LogP contribution in [0.1, 0.15) is 25.8 Å². The quantitative estimate of drug-likeness (QED) is 0.778. The molecule has 1 aromatic carbocycles. The van der Waals surface area contributed by atoms with Crippen LogP contribution in [0.2, 0.25) is 0 Å². The summed E-state index contributed by atoms with van der Waals surface area (Å²) in [6.45, 7) is 5.54. The Morgan fingerprint density at radius 2 is 2.16 bits per heavy atom. The van der Waals surface area contributed by atoms with Crippen molar-refractivity contribution in [3.8, 4) is 5.75 Å². The molecule has 2 fully saturated rings. The van der Waals surface area contributed by atoms with Gasteiger partial charge in [0.25, 0.3) is 11.1 Å². The molecular weight excluding hydrogens is 362 g/mol. The maximum Gasteiger partial charge on any atom is 0.290 e. The molecular formula is C17H22ClN3O3S. The zero-order valence-electron chi connectivity index (χ0n) is 14.2. The van der Waals surface area contributed by atoms with Crippen LogP contribution >= 0.6 is 24.2 Å². The van der Waals surface area contributed by atoms with Crippen molar-refractivity contribution in [1.82, 2.24) is 5.32 Å². The first-order valence-corrected chi connectivity index (χ1v) is 8.80. The lowest BCUT2D eigenvalue weighted by atomic mass is 10.1. The third-order valence-corrected chi connectivity index (χ3v) is 4.67. The molecule has 2 heterocycles. The number of hydrogen-bond donors (Lipinski definition) is 2. The molecule has 6 nitrogen and oxygen atoms in total. The first-order chi connectivity index (χ1) is 11.4. The van der Waals surface area contributed by atoms with E-state index in [1.54, 1.807) is 6.08 Å². The highest BCUT2D eigenvalue weighted by Crippen LogP contribution is 2.38. The molecule has 136 valence electrons. The summed E-state index contributed by atoms with van der Waals surface area (Å²) >= 11 is 0.918. The van der Waals surface area contributed by atoms with Gasteiger partial charge in [0.2, 0.25) is 0 Å². The number of nitrogens with one attached hydrogen (secondary N) is 1. The highest BCUT2D eigenvalue weighted by Gasteiger charge is 2.28. The summed E-state index contributed by atoms with van der Waals surface area (Å²) in [5.74, 6) is 0.410. The van der Waals surface area contributed by atoms with Gasteiger partial charge in [-0.15, -0.1) is 12.4 Å². The van der Waals surface area contributed by atoms with Gasteiger partial charge in [0.1, 0.15) is 5.75 Å². The second kappa shape index (κ2) is 8.12. The van der Waals surface area contributed by atoms with E-state index < -0.39 is 0 Å². The van der Waals surface area contributed by atoms with Crippen molar-refractivity contribution in [3.05, 3.63) is 28.7 Å². The van der Waals surface area contributed by atoms with Crippen molar-refractivity contribution in [2.75, 3.05) is 18.0 Å². The monoisotopic (exact) mass is 383 g/mol. The third-order valence-electron chi connectivity index (χ3n) is 3.86. The molecule has 1 unspecified atom stereocenters. The Morgan fingerprint density at radius 3 is 2.72 bits per heavy atom. The Balaban J connectivity index is 0.00000225. The minimum atomic E-state index is -0.357. The van der Waals surface area contributed by atoms with Crippen LogP contribution in [-0.4, -0.2) is 36.4 Å². The molecule has 2 saturated heterocycles. The van der Waals surface area contributed by atoms with E-state index in [1.807, 2.05) is 32.0 Å². The number of para-hydroxylation sites is 1. The third kappa shape index (κ3) is 4.48. The number of thioether (sulfide) groups is 1. The van der Waals surface area contributed by atoms with E-state index in [-0.39, 0.29) is 35.7 Å². The van der Waals surface area contributed by atoms with Crippen LogP contribution in [-0.2, 0) is 4.79 Å². The SMILES string of the molecule is CC(C)Oc1cccc(/C=C2/SC(=O)NC2=O)c1N1CCC(N)C1.Cl. The molecule has 0 aliphatic carbocycles. The van der Waals surface area contributed by atoms with E-state index in [0.29, 0.717) is 4.91 Å². The van der Waals surface area contributed by atoms with Crippen molar-refractivity contribution in [3.63, 3.8) is 0 Å². The highest BCUT2D eigenvalue weighted by molar-refractivity contribution is 8.18. The number of halogens is 1. The van der Waals surface area contributed by atoms with Crippen LogP contribution in [0.15, 0.2) is 23.1 Å².